The van der Waals surface area contributed by atoms with Gasteiger partial charge in [-0.3, -0.25) is 0 Å². The van der Waals surface area contributed by atoms with Crippen LogP contribution in [0.3, 0.4) is 0 Å². The van der Waals surface area contributed by atoms with Gasteiger partial charge in [0.25, 0.3) is 0 Å². The van der Waals surface area contributed by atoms with Crippen LogP contribution >= 0.6 is 0 Å². The Kier molecular flexibility index (Phi) is 2.27. The average Bonchev–Trinajstić information content (AvgIpc) is 2.39. The van der Waals surface area contributed by atoms with Crippen LogP contribution in [0.2, 0.25) is 0 Å². The van der Waals surface area contributed by atoms with E-state index in [1.165, 1.54) is 12.5 Å². The Bertz CT molecular complexity index is 253. The maximum Gasteiger partial charge on any atom is 0.425 e. The van der Waals surface area contributed by atoms with E-state index in [0.717, 1.165) is 0 Å². The summed E-state index contributed by atoms with van der Waals surface area (Å²) in [6.45, 7) is 0. The van der Waals surface area contributed by atoms with Gasteiger partial charge < -0.3 is 9.52 Å². The number of furan rings is 1. The summed E-state index contributed by atoms with van der Waals surface area (Å²) in [4.78, 5) is 9.87. The lowest BCUT2D eigenvalue weighted by Crippen LogP contribution is -2.13. The molecule has 0 saturated carbocycles. The van der Waals surface area contributed by atoms with Crippen molar-refractivity contribution in [2.24, 2.45) is 5.10 Å². The number of carboxylic acid groups (broad SMARTS) is 1. The van der Waals surface area contributed by atoms with Gasteiger partial charge in [0.1, 0.15) is 5.76 Å². The molecular formula is C6H6N2O3. The van der Waals surface area contributed by atoms with E-state index < -0.39 is 6.09 Å². The number of carbonyl (C=O) groups is 1. The van der Waals surface area contributed by atoms with Crippen LogP contribution in [0.4, 0.5) is 4.79 Å². The van der Waals surface area contributed by atoms with Gasteiger partial charge in [-0.2, -0.15) is 5.10 Å². The zero-order chi connectivity index (χ0) is 8.10. The van der Waals surface area contributed by atoms with Crippen molar-refractivity contribution in [2.75, 3.05) is 0 Å². The molecule has 0 aliphatic heterocycles. The van der Waals surface area contributed by atoms with Gasteiger partial charge in [-0.25, -0.2) is 10.2 Å². The third-order valence-electron chi connectivity index (χ3n) is 0.895. The van der Waals surface area contributed by atoms with Gasteiger partial charge >= 0.3 is 6.09 Å². The van der Waals surface area contributed by atoms with E-state index in [-0.39, 0.29) is 0 Å². The SMILES string of the molecule is O=C(O)N/N=C/c1ccco1. The summed E-state index contributed by atoms with van der Waals surface area (Å²) < 4.78 is 4.83. The minimum Gasteiger partial charge on any atom is -0.464 e. The predicted octanol–water partition coefficient (Wildman–Crippen LogP) is 0.881. The number of hydrogen-bond donors (Lipinski definition) is 2. The van der Waals surface area contributed by atoms with Crippen molar-refractivity contribution in [3.05, 3.63) is 24.2 Å². The fourth-order valence-electron chi connectivity index (χ4n) is 0.516. The highest BCUT2D eigenvalue weighted by Crippen LogP contribution is 1.93. The molecule has 11 heavy (non-hydrogen) atoms. The molecule has 0 spiro atoms. The second kappa shape index (κ2) is 3.40. The monoisotopic (exact) mass is 154 g/mol. The molecule has 0 fully saturated rings. The maximum atomic E-state index is 9.87. The molecule has 5 heteroatoms. The fourth-order valence-corrected chi connectivity index (χ4v) is 0.516. The average molecular weight is 154 g/mol. The molecule has 0 unspecified atom stereocenters. The third kappa shape index (κ3) is 2.53. The van der Waals surface area contributed by atoms with E-state index in [9.17, 15) is 4.79 Å². The second-order valence-corrected chi connectivity index (χ2v) is 1.69. The minimum atomic E-state index is -1.20. The van der Waals surface area contributed by atoms with Crippen LogP contribution in [-0.2, 0) is 0 Å². The third-order valence-corrected chi connectivity index (χ3v) is 0.895. The Morgan fingerprint density at radius 1 is 1.82 bits per heavy atom. The summed E-state index contributed by atoms with van der Waals surface area (Å²) >= 11 is 0. The molecule has 1 aromatic rings. The zero-order valence-electron chi connectivity index (χ0n) is 5.52. The topological polar surface area (TPSA) is 74.8 Å². The van der Waals surface area contributed by atoms with Gasteiger partial charge in [0.2, 0.25) is 0 Å². The number of amides is 1. The van der Waals surface area contributed by atoms with E-state index in [4.69, 9.17) is 9.52 Å². The normalized spacial score (nSPS) is 10.2. The molecule has 1 amide bonds. The van der Waals surface area contributed by atoms with Crippen LogP contribution in [0.25, 0.3) is 0 Å². The smallest absolute Gasteiger partial charge is 0.425 e. The molecule has 0 aliphatic rings. The van der Waals surface area contributed by atoms with Crippen LogP contribution in [0.5, 0.6) is 0 Å². The molecule has 0 bridgehead atoms. The first-order valence-corrected chi connectivity index (χ1v) is 2.84. The van der Waals surface area contributed by atoms with E-state index >= 15 is 0 Å². The van der Waals surface area contributed by atoms with E-state index in [1.54, 1.807) is 12.1 Å². The van der Waals surface area contributed by atoms with Crippen molar-refractivity contribution in [1.82, 2.24) is 5.43 Å². The number of rotatable bonds is 2. The molecule has 5 nitrogen and oxygen atoms in total. The Morgan fingerprint density at radius 2 is 2.64 bits per heavy atom. The van der Waals surface area contributed by atoms with Crippen molar-refractivity contribution in [3.8, 4) is 0 Å². The highest BCUT2D eigenvalue weighted by Gasteiger charge is 1.89. The Morgan fingerprint density at radius 3 is 3.18 bits per heavy atom. The molecule has 0 aliphatic carbocycles. The molecule has 58 valence electrons. The summed E-state index contributed by atoms with van der Waals surface area (Å²) in [5, 5.41) is 11.4. The number of hydrazone groups is 1. The molecule has 0 atom stereocenters. The summed E-state index contributed by atoms with van der Waals surface area (Å²) in [7, 11) is 0. The lowest BCUT2D eigenvalue weighted by molar-refractivity contribution is 0.195. The summed E-state index contributed by atoms with van der Waals surface area (Å²) in [6.07, 6.45) is 1.55. The van der Waals surface area contributed by atoms with E-state index in [1.807, 2.05) is 5.43 Å². The van der Waals surface area contributed by atoms with Crippen LogP contribution in [0.1, 0.15) is 5.76 Å². The Labute approximate surface area is 62.3 Å². The van der Waals surface area contributed by atoms with Crippen molar-refractivity contribution >= 4 is 12.3 Å². The largest absolute Gasteiger partial charge is 0.464 e. The van der Waals surface area contributed by atoms with Gasteiger partial charge in [0.05, 0.1) is 12.5 Å². The summed E-state index contributed by atoms with van der Waals surface area (Å²) in [5.41, 5.74) is 1.81. The lowest BCUT2D eigenvalue weighted by atomic mass is 10.5. The zero-order valence-corrected chi connectivity index (χ0v) is 5.52. The molecule has 1 rings (SSSR count). The van der Waals surface area contributed by atoms with Crippen LogP contribution in [0.15, 0.2) is 27.9 Å². The molecule has 0 aromatic carbocycles. The lowest BCUT2D eigenvalue weighted by Gasteiger charge is -1.86. The van der Waals surface area contributed by atoms with E-state index in [2.05, 4.69) is 5.10 Å². The number of nitrogens with zero attached hydrogens (tertiary/aromatic N) is 1. The van der Waals surface area contributed by atoms with Gasteiger partial charge in [-0.05, 0) is 12.1 Å². The van der Waals surface area contributed by atoms with Gasteiger partial charge in [-0.15, -0.1) is 0 Å². The molecule has 1 aromatic heterocycles. The van der Waals surface area contributed by atoms with Crippen molar-refractivity contribution in [2.45, 2.75) is 0 Å². The first-order valence-electron chi connectivity index (χ1n) is 2.84. The quantitative estimate of drug-likeness (QED) is 0.490. The minimum absolute atomic E-state index is 0.499. The first kappa shape index (κ1) is 7.33. The number of hydrogen-bond acceptors (Lipinski definition) is 3. The molecule has 0 radical (unpaired) electrons. The van der Waals surface area contributed by atoms with Gasteiger partial charge in [0.15, 0.2) is 0 Å². The van der Waals surface area contributed by atoms with Gasteiger partial charge in [0, 0.05) is 0 Å². The fraction of sp³-hybridized carbons (Fsp3) is 0. The Hall–Kier alpha value is -1.78. The van der Waals surface area contributed by atoms with Crippen molar-refractivity contribution in [3.63, 3.8) is 0 Å². The standard InChI is InChI=1S/C6H6N2O3/c9-6(10)8-7-4-5-2-1-3-11-5/h1-4,8H,(H,9,10)/b7-4+. The molecular weight excluding hydrogens is 148 g/mol. The van der Waals surface area contributed by atoms with Crippen molar-refractivity contribution < 1.29 is 14.3 Å². The summed E-state index contributed by atoms with van der Waals surface area (Å²) in [6, 6.07) is 3.34. The highest BCUT2D eigenvalue weighted by atomic mass is 16.4. The Balaban J connectivity index is 2.43. The second-order valence-electron chi connectivity index (χ2n) is 1.69. The van der Waals surface area contributed by atoms with Crippen LogP contribution in [-0.4, -0.2) is 17.4 Å². The highest BCUT2D eigenvalue weighted by molar-refractivity contribution is 5.77. The predicted molar refractivity (Wildman–Crippen MR) is 37.5 cm³/mol. The van der Waals surface area contributed by atoms with E-state index in [0.29, 0.717) is 5.76 Å². The maximum absolute atomic E-state index is 9.87. The van der Waals surface area contributed by atoms with Gasteiger partial charge in [-0.1, -0.05) is 0 Å². The van der Waals surface area contributed by atoms with Crippen LogP contribution < -0.4 is 5.43 Å². The molecule has 1 heterocycles. The molecule has 2 N–H and O–H groups in total. The first-order chi connectivity index (χ1) is 5.29. The summed E-state index contributed by atoms with van der Waals surface area (Å²) in [5.74, 6) is 0.499. The molecule has 0 saturated heterocycles. The van der Waals surface area contributed by atoms with Crippen LogP contribution in [0, 0.1) is 0 Å². The van der Waals surface area contributed by atoms with Crippen molar-refractivity contribution in [1.29, 1.82) is 0 Å². The number of nitrogens with one attached hydrogen (secondary N) is 1.